The first kappa shape index (κ1) is 22.2. The summed E-state index contributed by atoms with van der Waals surface area (Å²) in [5.41, 5.74) is 0. The number of rotatable bonds is 8. The van der Waals surface area contributed by atoms with E-state index in [0.717, 1.165) is 32.2 Å². The number of hydrogen-bond acceptors (Lipinski definition) is 4. The van der Waals surface area contributed by atoms with Crippen molar-refractivity contribution >= 4 is 24.2 Å². The summed E-state index contributed by atoms with van der Waals surface area (Å²) in [5.74, 6) is 0.410. The van der Waals surface area contributed by atoms with E-state index in [1.165, 1.54) is 6.42 Å². The van der Waals surface area contributed by atoms with E-state index in [-0.39, 0.29) is 36.2 Å². The number of hydrogen-bond donors (Lipinski definition) is 2. The minimum absolute atomic E-state index is 0. The van der Waals surface area contributed by atoms with Crippen LogP contribution in [0.15, 0.2) is 0 Å². The Bertz CT molecular complexity index is 406. The molecule has 0 aromatic rings. The number of piperidine rings is 1. The maximum absolute atomic E-state index is 12.3. The van der Waals surface area contributed by atoms with Gasteiger partial charge in [-0.15, -0.1) is 12.4 Å². The monoisotopic (exact) mass is 375 g/mol. The predicted molar refractivity (Wildman–Crippen MR) is 101 cm³/mol. The van der Waals surface area contributed by atoms with Crippen LogP contribution in [0.2, 0.25) is 0 Å². The zero-order valence-electron chi connectivity index (χ0n) is 15.6. The van der Waals surface area contributed by atoms with Crippen molar-refractivity contribution in [1.29, 1.82) is 0 Å². The van der Waals surface area contributed by atoms with Crippen LogP contribution in [0.3, 0.4) is 0 Å². The van der Waals surface area contributed by atoms with Gasteiger partial charge in [-0.3, -0.25) is 9.59 Å². The molecule has 2 fully saturated rings. The van der Waals surface area contributed by atoms with E-state index in [9.17, 15) is 9.59 Å². The molecule has 2 rings (SSSR count). The van der Waals surface area contributed by atoms with Gasteiger partial charge in [-0.1, -0.05) is 0 Å². The molecule has 0 aromatic heterocycles. The third-order valence-electron chi connectivity index (χ3n) is 4.87. The van der Waals surface area contributed by atoms with Crippen LogP contribution < -0.4 is 10.6 Å². The van der Waals surface area contributed by atoms with Crippen LogP contribution in [-0.4, -0.2) is 61.6 Å². The van der Waals surface area contributed by atoms with Crippen LogP contribution in [0, 0.1) is 5.92 Å². The van der Waals surface area contributed by atoms with Crippen LogP contribution in [0.4, 0.5) is 0 Å². The molecule has 1 unspecified atom stereocenters. The van der Waals surface area contributed by atoms with Gasteiger partial charge in [-0.2, -0.15) is 0 Å². The fourth-order valence-corrected chi connectivity index (χ4v) is 3.41. The number of ether oxygens (including phenoxy) is 1. The molecule has 2 heterocycles. The van der Waals surface area contributed by atoms with E-state index in [2.05, 4.69) is 10.6 Å². The third kappa shape index (κ3) is 7.92. The summed E-state index contributed by atoms with van der Waals surface area (Å²) in [6.45, 7) is 7.81. The highest BCUT2D eigenvalue weighted by Crippen LogP contribution is 2.19. The lowest BCUT2D eigenvalue weighted by Gasteiger charge is -2.32. The topological polar surface area (TPSA) is 70.7 Å². The zero-order chi connectivity index (χ0) is 17.4. The van der Waals surface area contributed by atoms with Crippen molar-refractivity contribution in [1.82, 2.24) is 15.5 Å². The first-order valence-electron chi connectivity index (χ1n) is 9.46. The van der Waals surface area contributed by atoms with Gasteiger partial charge in [0.15, 0.2) is 0 Å². The van der Waals surface area contributed by atoms with E-state index in [4.69, 9.17) is 4.74 Å². The van der Waals surface area contributed by atoms with Gasteiger partial charge in [0.1, 0.15) is 0 Å². The van der Waals surface area contributed by atoms with Crippen molar-refractivity contribution in [3.05, 3.63) is 0 Å². The van der Waals surface area contributed by atoms with Crippen molar-refractivity contribution in [3.63, 3.8) is 0 Å². The highest BCUT2D eigenvalue weighted by molar-refractivity contribution is 5.85. The molecule has 1 atom stereocenters. The quantitative estimate of drug-likeness (QED) is 0.634. The van der Waals surface area contributed by atoms with E-state index in [0.29, 0.717) is 38.7 Å². The van der Waals surface area contributed by atoms with Gasteiger partial charge in [-0.05, 0) is 52.5 Å². The molecule has 2 aliphatic rings. The molecule has 0 aromatic carbocycles. The Hall–Kier alpha value is -0.850. The Labute approximate surface area is 157 Å². The van der Waals surface area contributed by atoms with Crippen molar-refractivity contribution in [3.8, 4) is 0 Å². The van der Waals surface area contributed by atoms with Crippen molar-refractivity contribution in [2.24, 2.45) is 5.92 Å². The molecule has 0 saturated carbocycles. The van der Waals surface area contributed by atoms with E-state index in [1.807, 2.05) is 18.7 Å². The summed E-state index contributed by atoms with van der Waals surface area (Å²) in [7, 11) is 0. The molecule has 0 bridgehead atoms. The van der Waals surface area contributed by atoms with Gasteiger partial charge in [0.2, 0.25) is 11.8 Å². The lowest BCUT2D eigenvalue weighted by molar-refractivity contribution is -0.136. The van der Waals surface area contributed by atoms with Crippen molar-refractivity contribution in [2.75, 3.05) is 32.8 Å². The van der Waals surface area contributed by atoms with Crippen LogP contribution in [0.5, 0.6) is 0 Å². The Morgan fingerprint density at radius 3 is 2.56 bits per heavy atom. The normalized spacial score (nSPS) is 21.2. The lowest BCUT2D eigenvalue weighted by atomic mass is 9.95. The summed E-state index contributed by atoms with van der Waals surface area (Å²) in [6.07, 6.45) is 5.51. The highest BCUT2D eigenvalue weighted by atomic mass is 35.5. The minimum atomic E-state index is 0. The molecule has 146 valence electrons. The Morgan fingerprint density at radius 1 is 1.24 bits per heavy atom. The Morgan fingerprint density at radius 2 is 1.96 bits per heavy atom. The standard InChI is InChI=1S/C18H33N3O3.ClH/c1-14(2)24-12-4-9-20-18(23)15-6-10-21(11-7-15)17(22)13-16-5-3-8-19-16;/h14-16,19H,3-13H2,1-2H3,(H,20,23);1H. The first-order valence-corrected chi connectivity index (χ1v) is 9.46. The van der Waals surface area contributed by atoms with Gasteiger partial charge < -0.3 is 20.3 Å². The summed E-state index contributed by atoms with van der Waals surface area (Å²) in [5, 5.41) is 6.37. The maximum atomic E-state index is 12.3. The molecular formula is C18H34ClN3O3. The molecule has 25 heavy (non-hydrogen) atoms. The third-order valence-corrected chi connectivity index (χ3v) is 4.87. The molecule has 0 spiro atoms. The van der Waals surface area contributed by atoms with Crippen molar-refractivity contribution < 1.29 is 14.3 Å². The average molecular weight is 376 g/mol. The second-order valence-electron chi connectivity index (χ2n) is 7.22. The highest BCUT2D eigenvalue weighted by Gasteiger charge is 2.28. The van der Waals surface area contributed by atoms with Crippen LogP contribution >= 0.6 is 12.4 Å². The zero-order valence-corrected chi connectivity index (χ0v) is 16.4. The molecule has 0 aliphatic carbocycles. The van der Waals surface area contributed by atoms with Gasteiger partial charge >= 0.3 is 0 Å². The number of amides is 2. The van der Waals surface area contributed by atoms with E-state index >= 15 is 0 Å². The minimum Gasteiger partial charge on any atom is -0.379 e. The molecule has 7 heteroatoms. The van der Waals surface area contributed by atoms with Crippen LogP contribution in [0.25, 0.3) is 0 Å². The Kier molecular flexibility index (Phi) is 10.4. The predicted octanol–water partition coefficient (Wildman–Crippen LogP) is 1.72. The molecule has 6 nitrogen and oxygen atoms in total. The summed E-state index contributed by atoms with van der Waals surface area (Å²) in [6, 6.07) is 0.353. The van der Waals surface area contributed by atoms with Gasteiger partial charge in [0.05, 0.1) is 6.10 Å². The second-order valence-corrected chi connectivity index (χ2v) is 7.22. The first-order chi connectivity index (χ1) is 11.6. The molecule has 2 saturated heterocycles. The fraction of sp³-hybridized carbons (Fsp3) is 0.889. The summed E-state index contributed by atoms with van der Waals surface area (Å²) in [4.78, 5) is 26.4. The number of carbonyl (C=O) groups excluding carboxylic acids is 2. The van der Waals surface area contributed by atoms with Gasteiger partial charge in [0, 0.05) is 44.6 Å². The lowest BCUT2D eigenvalue weighted by Crippen LogP contribution is -2.44. The fourth-order valence-electron chi connectivity index (χ4n) is 3.41. The molecule has 2 aliphatic heterocycles. The SMILES string of the molecule is CC(C)OCCCNC(=O)C1CCN(C(=O)CC2CCCN2)CC1.Cl. The maximum Gasteiger partial charge on any atom is 0.224 e. The molecular weight excluding hydrogens is 342 g/mol. The van der Waals surface area contributed by atoms with Crippen molar-refractivity contribution in [2.45, 2.75) is 64.5 Å². The molecule has 2 N–H and O–H groups in total. The number of carbonyl (C=O) groups is 2. The summed E-state index contributed by atoms with van der Waals surface area (Å²) >= 11 is 0. The average Bonchev–Trinajstić information content (AvgIpc) is 3.07. The summed E-state index contributed by atoms with van der Waals surface area (Å²) < 4.78 is 5.46. The van der Waals surface area contributed by atoms with Crippen LogP contribution in [0.1, 0.15) is 52.4 Å². The number of nitrogens with zero attached hydrogens (tertiary/aromatic N) is 1. The second kappa shape index (κ2) is 11.7. The number of halogens is 1. The largest absolute Gasteiger partial charge is 0.379 e. The van der Waals surface area contributed by atoms with E-state index in [1.54, 1.807) is 0 Å². The van der Waals surface area contributed by atoms with Gasteiger partial charge in [0.25, 0.3) is 0 Å². The number of nitrogens with one attached hydrogen (secondary N) is 2. The van der Waals surface area contributed by atoms with Gasteiger partial charge in [-0.25, -0.2) is 0 Å². The molecule has 2 amide bonds. The van der Waals surface area contributed by atoms with E-state index < -0.39 is 0 Å². The smallest absolute Gasteiger partial charge is 0.224 e. The van der Waals surface area contributed by atoms with Crippen LogP contribution in [-0.2, 0) is 14.3 Å². The molecule has 0 radical (unpaired) electrons. The number of likely N-dealkylation sites (tertiary alicyclic amines) is 1. The Balaban J connectivity index is 0.00000312.